The SMILES string of the molecule is CN1CCc2[nH]c3cc(SC(F)(F)F)ccc3c2CC1. The second-order valence-electron chi connectivity index (χ2n) is 5.14. The fourth-order valence-corrected chi connectivity index (χ4v) is 3.28. The van der Waals surface area contributed by atoms with Crippen molar-refractivity contribution in [2.45, 2.75) is 23.2 Å². The van der Waals surface area contributed by atoms with Gasteiger partial charge in [0.1, 0.15) is 0 Å². The average molecular weight is 300 g/mol. The van der Waals surface area contributed by atoms with Crippen LogP contribution in [0.25, 0.3) is 10.9 Å². The first-order valence-corrected chi connectivity index (χ1v) is 7.32. The van der Waals surface area contributed by atoms with Crippen LogP contribution in [-0.2, 0) is 12.8 Å². The number of halogens is 3. The van der Waals surface area contributed by atoms with Crippen LogP contribution in [0, 0.1) is 0 Å². The Morgan fingerprint density at radius 3 is 2.70 bits per heavy atom. The molecule has 0 bridgehead atoms. The van der Waals surface area contributed by atoms with Crippen LogP contribution in [-0.4, -0.2) is 35.5 Å². The number of likely N-dealkylation sites (N-methyl/N-ethyl adjacent to an activating group) is 1. The minimum absolute atomic E-state index is 0.0622. The highest BCUT2D eigenvalue weighted by Crippen LogP contribution is 2.38. The summed E-state index contributed by atoms with van der Waals surface area (Å²) in [5.74, 6) is 0. The van der Waals surface area contributed by atoms with E-state index in [9.17, 15) is 13.2 Å². The number of nitrogens with one attached hydrogen (secondary N) is 1. The van der Waals surface area contributed by atoms with Crippen molar-refractivity contribution in [2.75, 3.05) is 20.1 Å². The molecule has 0 saturated heterocycles. The van der Waals surface area contributed by atoms with Gasteiger partial charge in [-0.3, -0.25) is 0 Å². The van der Waals surface area contributed by atoms with Gasteiger partial charge in [0.15, 0.2) is 0 Å². The molecule has 0 unspecified atom stereocenters. The smallest absolute Gasteiger partial charge is 0.358 e. The number of aromatic amines is 1. The lowest BCUT2D eigenvalue weighted by Gasteiger charge is -2.11. The van der Waals surface area contributed by atoms with E-state index < -0.39 is 5.51 Å². The second-order valence-corrected chi connectivity index (χ2v) is 6.28. The van der Waals surface area contributed by atoms with Crippen LogP contribution >= 0.6 is 11.8 Å². The molecule has 108 valence electrons. The molecule has 6 heteroatoms. The molecular formula is C14H15F3N2S. The molecule has 1 aromatic heterocycles. The summed E-state index contributed by atoms with van der Waals surface area (Å²) in [6.07, 6.45) is 1.86. The molecule has 0 aliphatic carbocycles. The van der Waals surface area contributed by atoms with Gasteiger partial charge in [-0.1, -0.05) is 6.07 Å². The number of benzene rings is 1. The van der Waals surface area contributed by atoms with Gasteiger partial charge >= 0.3 is 5.51 Å². The molecule has 20 heavy (non-hydrogen) atoms. The molecule has 0 amide bonds. The first kappa shape index (κ1) is 13.8. The monoisotopic (exact) mass is 300 g/mol. The Morgan fingerprint density at radius 2 is 1.95 bits per heavy atom. The van der Waals surface area contributed by atoms with Crippen molar-refractivity contribution in [3.8, 4) is 0 Å². The fraction of sp³-hybridized carbons (Fsp3) is 0.429. The third kappa shape index (κ3) is 2.81. The van der Waals surface area contributed by atoms with Gasteiger partial charge in [0.25, 0.3) is 0 Å². The fourth-order valence-electron chi connectivity index (χ4n) is 2.70. The Bertz CT molecular complexity index is 633. The Morgan fingerprint density at radius 1 is 1.20 bits per heavy atom. The molecule has 2 aromatic rings. The Labute approximate surface area is 119 Å². The molecule has 0 fully saturated rings. The second kappa shape index (κ2) is 5.00. The van der Waals surface area contributed by atoms with Crippen molar-refractivity contribution in [1.29, 1.82) is 0 Å². The first-order chi connectivity index (χ1) is 9.42. The van der Waals surface area contributed by atoms with Crippen LogP contribution < -0.4 is 0 Å². The first-order valence-electron chi connectivity index (χ1n) is 6.50. The van der Waals surface area contributed by atoms with E-state index in [1.807, 2.05) is 6.07 Å². The molecule has 1 N–H and O–H groups in total. The summed E-state index contributed by atoms with van der Waals surface area (Å²) in [4.78, 5) is 5.80. The van der Waals surface area contributed by atoms with Crippen LogP contribution in [0.5, 0.6) is 0 Å². The van der Waals surface area contributed by atoms with Gasteiger partial charge in [-0.05, 0) is 42.9 Å². The molecule has 2 heterocycles. The third-order valence-corrected chi connectivity index (χ3v) is 4.41. The summed E-state index contributed by atoms with van der Waals surface area (Å²) in [6.45, 7) is 1.96. The van der Waals surface area contributed by atoms with Gasteiger partial charge in [-0.15, -0.1) is 0 Å². The number of fused-ring (bicyclic) bond motifs is 3. The van der Waals surface area contributed by atoms with Gasteiger partial charge in [0.05, 0.1) is 0 Å². The average Bonchev–Trinajstić information content (AvgIpc) is 2.58. The lowest BCUT2D eigenvalue weighted by molar-refractivity contribution is -0.0328. The summed E-state index contributed by atoms with van der Waals surface area (Å²) >= 11 is -0.0622. The highest BCUT2D eigenvalue weighted by Gasteiger charge is 2.29. The van der Waals surface area contributed by atoms with Crippen molar-refractivity contribution in [3.63, 3.8) is 0 Å². The van der Waals surface area contributed by atoms with Crippen molar-refractivity contribution >= 4 is 22.7 Å². The molecule has 1 aliphatic rings. The summed E-state index contributed by atoms with van der Waals surface area (Å²) < 4.78 is 37.2. The van der Waals surface area contributed by atoms with Crippen molar-refractivity contribution in [1.82, 2.24) is 9.88 Å². The van der Waals surface area contributed by atoms with Crippen molar-refractivity contribution < 1.29 is 13.2 Å². The number of H-pyrrole nitrogens is 1. The number of thioether (sulfide) groups is 1. The predicted octanol–water partition coefficient (Wildman–Crippen LogP) is 3.81. The molecular weight excluding hydrogens is 285 g/mol. The standard InChI is InChI=1S/C14H15F3N2S/c1-19-6-4-11-10-3-2-9(20-14(15,16)17)8-13(10)18-12(11)5-7-19/h2-3,8,18H,4-7H2,1H3. The van der Waals surface area contributed by atoms with Gasteiger partial charge in [-0.25, -0.2) is 0 Å². The van der Waals surface area contributed by atoms with Crippen LogP contribution in [0.4, 0.5) is 13.2 Å². The third-order valence-electron chi connectivity index (χ3n) is 3.69. The normalized spacial score (nSPS) is 17.2. The predicted molar refractivity (Wildman–Crippen MR) is 75.1 cm³/mol. The number of alkyl halides is 3. The van der Waals surface area contributed by atoms with E-state index in [0.717, 1.165) is 36.8 Å². The number of nitrogens with zero attached hydrogens (tertiary/aromatic N) is 1. The lowest BCUT2D eigenvalue weighted by Crippen LogP contribution is -2.21. The summed E-state index contributed by atoms with van der Waals surface area (Å²) in [5, 5.41) is 1.06. The van der Waals surface area contributed by atoms with Crippen molar-refractivity contribution in [2.24, 2.45) is 0 Å². The maximum absolute atomic E-state index is 12.4. The minimum Gasteiger partial charge on any atom is -0.358 e. The van der Waals surface area contributed by atoms with Crippen LogP contribution in [0.2, 0.25) is 0 Å². The molecule has 1 aromatic carbocycles. The van der Waals surface area contributed by atoms with E-state index in [4.69, 9.17) is 0 Å². The summed E-state index contributed by atoms with van der Waals surface area (Å²) in [5.41, 5.74) is -1.000. The van der Waals surface area contributed by atoms with Gasteiger partial charge in [-0.2, -0.15) is 13.2 Å². The topological polar surface area (TPSA) is 19.0 Å². The molecule has 0 radical (unpaired) electrons. The van der Waals surface area contributed by atoms with Gasteiger partial charge in [0.2, 0.25) is 0 Å². The van der Waals surface area contributed by atoms with E-state index in [-0.39, 0.29) is 16.7 Å². The summed E-state index contributed by atoms with van der Waals surface area (Å²) in [6, 6.07) is 4.97. The highest BCUT2D eigenvalue weighted by molar-refractivity contribution is 8.00. The molecule has 2 nitrogen and oxygen atoms in total. The number of hydrogen-bond donors (Lipinski definition) is 1. The molecule has 0 saturated carbocycles. The Hall–Kier alpha value is -1.14. The van der Waals surface area contributed by atoms with Crippen LogP contribution in [0.15, 0.2) is 23.1 Å². The highest BCUT2D eigenvalue weighted by atomic mass is 32.2. The largest absolute Gasteiger partial charge is 0.446 e. The van der Waals surface area contributed by atoms with E-state index in [0.29, 0.717) is 0 Å². The summed E-state index contributed by atoms with van der Waals surface area (Å²) in [7, 11) is 2.09. The van der Waals surface area contributed by atoms with Crippen LogP contribution in [0.1, 0.15) is 11.3 Å². The van der Waals surface area contributed by atoms with Crippen LogP contribution in [0.3, 0.4) is 0 Å². The zero-order valence-electron chi connectivity index (χ0n) is 11.0. The number of aromatic nitrogens is 1. The molecule has 0 spiro atoms. The minimum atomic E-state index is -4.24. The number of hydrogen-bond acceptors (Lipinski definition) is 2. The van der Waals surface area contributed by atoms with E-state index >= 15 is 0 Å². The zero-order chi connectivity index (χ0) is 14.3. The molecule has 3 rings (SSSR count). The molecule has 0 atom stereocenters. The van der Waals surface area contributed by atoms with Gasteiger partial charge in [0, 0.05) is 41.0 Å². The molecule has 1 aliphatic heterocycles. The van der Waals surface area contributed by atoms with Crippen molar-refractivity contribution in [3.05, 3.63) is 29.5 Å². The lowest BCUT2D eigenvalue weighted by atomic mass is 10.1. The van der Waals surface area contributed by atoms with E-state index in [2.05, 4.69) is 16.9 Å². The maximum Gasteiger partial charge on any atom is 0.446 e. The van der Waals surface area contributed by atoms with E-state index in [1.165, 1.54) is 11.3 Å². The maximum atomic E-state index is 12.4. The van der Waals surface area contributed by atoms with Gasteiger partial charge < -0.3 is 9.88 Å². The number of rotatable bonds is 1. The zero-order valence-corrected chi connectivity index (χ0v) is 11.9. The Balaban J connectivity index is 1.97. The Kier molecular flexibility index (Phi) is 3.46. The quantitative estimate of drug-likeness (QED) is 0.808. The van der Waals surface area contributed by atoms with E-state index in [1.54, 1.807) is 12.1 Å².